The van der Waals surface area contributed by atoms with E-state index < -0.39 is 0 Å². The second-order valence-electron chi connectivity index (χ2n) is 6.54. The SMILES string of the molecule is Cc1ccc(CNC(=O)C2CCN(C(=O)C(C)CN)CC2)cc1F.Cl. The van der Waals surface area contributed by atoms with E-state index in [-0.39, 0.29) is 41.9 Å². The summed E-state index contributed by atoms with van der Waals surface area (Å²) in [5.74, 6) is -0.506. The number of carbonyl (C=O) groups excluding carboxylic acids is 2. The molecule has 25 heavy (non-hydrogen) atoms. The lowest BCUT2D eigenvalue weighted by Gasteiger charge is -2.32. The van der Waals surface area contributed by atoms with Crippen LogP contribution in [0.2, 0.25) is 0 Å². The number of hydrogen-bond acceptors (Lipinski definition) is 3. The van der Waals surface area contributed by atoms with Gasteiger partial charge in [0.2, 0.25) is 11.8 Å². The van der Waals surface area contributed by atoms with Crippen LogP contribution in [0, 0.1) is 24.6 Å². The van der Waals surface area contributed by atoms with Crippen LogP contribution in [-0.2, 0) is 16.1 Å². The average molecular weight is 372 g/mol. The Morgan fingerprint density at radius 2 is 2.00 bits per heavy atom. The van der Waals surface area contributed by atoms with Crippen molar-refractivity contribution in [2.24, 2.45) is 17.6 Å². The van der Waals surface area contributed by atoms with Gasteiger partial charge in [0.05, 0.1) is 0 Å². The first-order valence-electron chi connectivity index (χ1n) is 8.44. The molecule has 0 spiro atoms. The van der Waals surface area contributed by atoms with Gasteiger partial charge in [-0.3, -0.25) is 9.59 Å². The van der Waals surface area contributed by atoms with Gasteiger partial charge in [0.25, 0.3) is 0 Å². The largest absolute Gasteiger partial charge is 0.352 e. The molecule has 1 fully saturated rings. The van der Waals surface area contributed by atoms with Crippen molar-refractivity contribution in [2.45, 2.75) is 33.2 Å². The van der Waals surface area contributed by atoms with Gasteiger partial charge in [0.1, 0.15) is 5.82 Å². The topological polar surface area (TPSA) is 75.4 Å². The van der Waals surface area contributed by atoms with Crippen LogP contribution >= 0.6 is 12.4 Å². The smallest absolute Gasteiger partial charge is 0.226 e. The molecule has 140 valence electrons. The summed E-state index contributed by atoms with van der Waals surface area (Å²) in [4.78, 5) is 26.1. The summed E-state index contributed by atoms with van der Waals surface area (Å²) in [5.41, 5.74) is 6.87. The Kier molecular flexibility index (Phi) is 8.32. The minimum atomic E-state index is -0.261. The van der Waals surface area contributed by atoms with E-state index >= 15 is 0 Å². The van der Waals surface area contributed by atoms with Gasteiger partial charge >= 0.3 is 0 Å². The van der Waals surface area contributed by atoms with E-state index in [1.54, 1.807) is 17.9 Å². The number of carbonyl (C=O) groups is 2. The van der Waals surface area contributed by atoms with Crippen molar-refractivity contribution in [1.82, 2.24) is 10.2 Å². The molecule has 3 N–H and O–H groups in total. The van der Waals surface area contributed by atoms with Gasteiger partial charge in [-0.05, 0) is 37.0 Å². The zero-order valence-corrected chi connectivity index (χ0v) is 15.6. The van der Waals surface area contributed by atoms with Crippen LogP contribution in [0.4, 0.5) is 4.39 Å². The molecule has 5 nitrogen and oxygen atoms in total. The number of aryl methyl sites for hydroxylation is 1. The summed E-state index contributed by atoms with van der Waals surface area (Å²) in [6, 6.07) is 4.97. The minimum Gasteiger partial charge on any atom is -0.352 e. The highest BCUT2D eigenvalue weighted by atomic mass is 35.5. The fourth-order valence-electron chi connectivity index (χ4n) is 2.85. The van der Waals surface area contributed by atoms with Gasteiger partial charge in [0, 0.05) is 38.0 Å². The Balaban J connectivity index is 0.00000312. The zero-order valence-electron chi connectivity index (χ0n) is 14.8. The summed E-state index contributed by atoms with van der Waals surface area (Å²) >= 11 is 0. The van der Waals surface area contributed by atoms with Crippen LogP contribution in [-0.4, -0.2) is 36.3 Å². The number of halogens is 2. The molecular weight excluding hydrogens is 345 g/mol. The lowest BCUT2D eigenvalue weighted by molar-refractivity contribution is -0.138. The number of amides is 2. The number of nitrogens with one attached hydrogen (secondary N) is 1. The highest BCUT2D eigenvalue weighted by Crippen LogP contribution is 2.19. The van der Waals surface area contributed by atoms with Gasteiger partial charge in [-0.1, -0.05) is 19.1 Å². The number of nitrogens with two attached hydrogens (primary N) is 1. The fourth-order valence-corrected chi connectivity index (χ4v) is 2.85. The second-order valence-corrected chi connectivity index (χ2v) is 6.54. The maximum atomic E-state index is 13.5. The molecule has 1 aliphatic rings. The predicted molar refractivity (Wildman–Crippen MR) is 97.8 cm³/mol. The van der Waals surface area contributed by atoms with Crippen molar-refractivity contribution in [3.8, 4) is 0 Å². The Morgan fingerprint density at radius 1 is 1.36 bits per heavy atom. The van der Waals surface area contributed by atoms with E-state index in [9.17, 15) is 14.0 Å². The van der Waals surface area contributed by atoms with Crippen molar-refractivity contribution >= 4 is 24.2 Å². The molecule has 1 saturated heterocycles. The third-order valence-electron chi connectivity index (χ3n) is 4.66. The maximum absolute atomic E-state index is 13.5. The predicted octanol–water partition coefficient (Wildman–Crippen LogP) is 2.01. The first-order valence-corrected chi connectivity index (χ1v) is 8.44. The average Bonchev–Trinajstić information content (AvgIpc) is 2.61. The molecule has 0 aromatic heterocycles. The van der Waals surface area contributed by atoms with Crippen LogP contribution in [0.25, 0.3) is 0 Å². The molecule has 2 amide bonds. The first-order chi connectivity index (χ1) is 11.4. The molecule has 1 atom stereocenters. The Hall–Kier alpha value is -1.66. The molecule has 0 bridgehead atoms. The molecule has 0 radical (unpaired) electrons. The van der Waals surface area contributed by atoms with E-state index in [2.05, 4.69) is 5.32 Å². The lowest BCUT2D eigenvalue weighted by atomic mass is 9.95. The van der Waals surface area contributed by atoms with E-state index in [0.717, 1.165) is 5.56 Å². The Morgan fingerprint density at radius 3 is 2.56 bits per heavy atom. The van der Waals surface area contributed by atoms with Gasteiger partial charge in [0.15, 0.2) is 0 Å². The highest BCUT2D eigenvalue weighted by Gasteiger charge is 2.28. The fraction of sp³-hybridized carbons (Fsp3) is 0.556. The molecule has 1 aromatic rings. The summed E-state index contributed by atoms with van der Waals surface area (Å²) in [7, 11) is 0. The Labute approximate surface area is 154 Å². The molecule has 7 heteroatoms. The van der Waals surface area contributed by atoms with Crippen molar-refractivity contribution in [1.29, 1.82) is 0 Å². The van der Waals surface area contributed by atoms with Crippen LogP contribution in [0.3, 0.4) is 0 Å². The first kappa shape index (κ1) is 21.4. The van der Waals surface area contributed by atoms with E-state index in [1.807, 2.05) is 13.0 Å². The number of nitrogens with zero attached hydrogens (tertiary/aromatic N) is 1. The van der Waals surface area contributed by atoms with Gasteiger partial charge in [-0.15, -0.1) is 12.4 Å². The molecular formula is C18H27ClFN3O2. The summed E-state index contributed by atoms with van der Waals surface area (Å²) in [6.07, 6.45) is 1.30. The zero-order chi connectivity index (χ0) is 17.7. The number of piperidine rings is 1. The normalized spacial score (nSPS) is 16.1. The molecule has 1 unspecified atom stereocenters. The van der Waals surface area contributed by atoms with Gasteiger partial charge < -0.3 is 16.0 Å². The molecule has 1 aromatic carbocycles. The third-order valence-corrected chi connectivity index (χ3v) is 4.66. The summed E-state index contributed by atoms with van der Waals surface area (Å²) in [5, 5.41) is 2.86. The maximum Gasteiger partial charge on any atom is 0.226 e. The van der Waals surface area contributed by atoms with E-state index in [4.69, 9.17) is 5.73 Å². The van der Waals surface area contributed by atoms with E-state index in [0.29, 0.717) is 44.6 Å². The van der Waals surface area contributed by atoms with Gasteiger partial charge in [-0.25, -0.2) is 4.39 Å². The summed E-state index contributed by atoms with van der Waals surface area (Å²) in [6.45, 7) is 5.35. The molecule has 1 heterocycles. The number of rotatable bonds is 5. The highest BCUT2D eigenvalue weighted by molar-refractivity contribution is 5.85. The third kappa shape index (κ3) is 5.68. The summed E-state index contributed by atoms with van der Waals surface area (Å²) < 4.78 is 13.5. The second kappa shape index (κ2) is 9.73. The van der Waals surface area contributed by atoms with E-state index in [1.165, 1.54) is 6.07 Å². The molecule has 0 saturated carbocycles. The van der Waals surface area contributed by atoms with Crippen molar-refractivity contribution in [2.75, 3.05) is 19.6 Å². The number of benzene rings is 1. The lowest BCUT2D eigenvalue weighted by Crippen LogP contribution is -2.45. The standard InChI is InChI=1S/C18H26FN3O2.ClH/c1-12-3-4-14(9-16(12)19)11-21-17(23)15-5-7-22(8-6-15)18(24)13(2)10-20;/h3-4,9,13,15H,5-8,10-11,20H2,1-2H3,(H,21,23);1H. The quantitative estimate of drug-likeness (QED) is 0.831. The van der Waals surface area contributed by atoms with Crippen molar-refractivity contribution in [3.63, 3.8) is 0 Å². The van der Waals surface area contributed by atoms with Crippen molar-refractivity contribution in [3.05, 3.63) is 35.1 Å². The molecule has 0 aliphatic carbocycles. The molecule has 2 rings (SSSR count). The van der Waals surface area contributed by atoms with Gasteiger partial charge in [-0.2, -0.15) is 0 Å². The van der Waals surface area contributed by atoms with Crippen LogP contribution < -0.4 is 11.1 Å². The monoisotopic (exact) mass is 371 g/mol. The number of hydrogen-bond donors (Lipinski definition) is 2. The minimum absolute atomic E-state index is 0. The van der Waals surface area contributed by atoms with Crippen LogP contribution in [0.15, 0.2) is 18.2 Å². The van der Waals surface area contributed by atoms with Crippen LogP contribution in [0.5, 0.6) is 0 Å². The Bertz CT molecular complexity index is 604. The molecule has 1 aliphatic heterocycles. The van der Waals surface area contributed by atoms with Crippen molar-refractivity contribution < 1.29 is 14.0 Å². The van der Waals surface area contributed by atoms with Crippen LogP contribution in [0.1, 0.15) is 30.9 Å². The number of likely N-dealkylation sites (tertiary alicyclic amines) is 1.